The van der Waals surface area contributed by atoms with E-state index in [1.54, 1.807) is 0 Å². The lowest BCUT2D eigenvalue weighted by Crippen LogP contribution is -2.40. The monoisotopic (exact) mass is 117 g/mol. The molecule has 0 fully saturated rings. The van der Waals surface area contributed by atoms with Gasteiger partial charge in [-0.05, 0) is 0 Å². The van der Waals surface area contributed by atoms with Crippen molar-refractivity contribution in [1.82, 2.24) is 5.32 Å². The molecule has 0 aromatic rings. The average molecular weight is 117 g/mol. The van der Waals surface area contributed by atoms with Gasteiger partial charge >= 0.3 is 6.03 Å². The number of carbonyl (C=O) groups is 2. The molecule has 2 amide bonds. The molecule has 0 saturated heterocycles. The summed E-state index contributed by atoms with van der Waals surface area (Å²) in [6.45, 7) is -0.532. The zero-order valence-corrected chi connectivity index (χ0v) is 4.01. The van der Waals surface area contributed by atoms with Gasteiger partial charge in [-0.2, -0.15) is 0 Å². The van der Waals surface area contributed by atoms with Crippen molar-refractivity contribution in [3.05, 3.63) is 0 Å². The van der Waals surface area contributed by atoms with Crippen LogP contribution >= 0.6 is 0 Å². The summed E-state index contributed by atoms with van der Waals surface area (Å²) in [6, 6.07) is -0.866. The van der Waals surface area contributed by atoms with Gasteiger partial charge in [-0.15, -0.1) is 0 Å². The fraction of sp³-hybridized carbons (Fsp3) is 0.333. The summed E-state index contributed by atoms with van der Waals surface area (Å²) in [6.07, 6.45) is 0. The SMILES string of the molecule is NC(=O)NCC(=O)[O-]. The second kappa shape index (κ2) is 2.84. The lowest BCUT2D eigenvalue weighted by atomic mass is 10.7. The Balaban J connectivity index is 3.18. The van der Waals surface area contributed by atoms with E-state index in [4.69, 9.17) is 0 Å². The number of rotatable bonds is 2. The Morgan fingerprint density at radius 2 is 2.12 bits per heavy atom. The third-order valence-corrected chi connectivity index (χ3v) is 0.407. The van der Waals surface area contributed by atoms with Gasteiger partial charge in [0.2, 0.25) is 0 Å². The van der Waals surface area contributed by atoms with Gasteiger partial charge in [-0.3, -0.25) is 0 Å². The van der Waals surface area contributed by atoms with Gasteiger partial charge in [0.05, 0.1) is 12.5 Å². The highest BCUT2D eigenvalue weighted by Crippen LogP contribution is 1.53. The minimum Gasteiger partial charge on any atom is -0.548 e. The van der Waals surface area contributed by atoms with Crippen LogP contribution in [0.4, 0.5) is 4.79 Å². The number of nitrogens with two attached hydrogens (primary N) is 1. The van der Waals surface area contributed by atoms with E-state index < -0.39 is 18.5 Å². The number of nitrogens with one attached hydrogen (secondary N) is 1. The number of hydrogen-bond donors (Lipinski definition) is 2. The third-order valence-electron chi connectivity index (χ3n) is 0.407. The van der Waals surface area contributed by atoms with Crippen LogP contribution in [0.2, 0.25) is 0 Å². The topological polar surface area (TPSA) is 95.2 Å². The fourth-order valence-electron chi connectivity index (χ4n) is 0.159. The van der Waals surface area contributed by atoms with Crippen LogP contribution in [0.25, 0.3) is 0 Å². The number of aliphatic carboxylic acids is 1. The summed E-state index contributed by atoms with van der Waals surface area (Å²) in [7, 11) is 0. The van der Waals surface area contributed by atoms with Crippen molar-refractivity contribution in [2.24, 2.45) is 5.73 Å². The van der Waals surface area contributed by atoms with Crippen LogP contribution in [-0.2, 0) is 4.79 Å². The second-order valence-corrected chi connectivity index (χ2v) is 1.09. The van der Waals surface area contributed by atoms with Crippen LogP contribution in [0, 0.1) is 0 Å². The first-order chi connectivity index (χ1) is 3.63. The molecule has 0 rings (SSSR count). The largest absolute Gasteiger partial charge is 0.548 e. The van der Waals surface area contributed by atoms with E-state index in [-0.39, 0.29) is 0 Å². The van der Waals surface area contributed by atoms with Crippen LogP contribution in [0.3, 0.4) is 0 Å². The van der Waals surface area contributed by atoms with Gasteiger partial charge in [0.1, 0.15) is 0 Å². The standard InChI is InChI=1S/C3H6N2O3/c4-3(8)5-1-2(6)7/h1H2,(H,6,7)(H3,4,5,8)/p-1. The Bertz CT molecular complexity index is 97.1. The second-order valence-electron chi connectivity index (χ2n) is 1.09. The van der Waals surface area contributed by atoms with Gasteiger partial charge in [-0.1, -0.05) is 0 Å². The minimum absolute atomic E-state index is 0.532. The zero-order chi connectivity index (χ0) is 6.57. The number of carbonyl (C=O) groups excluding carboxylic acids is 2. The first-order valence-electron chi connectivity index (χ1n) is 1.86. The van der Waals surface area contributed by atoms with Gasteiger partial charge in [0.15, 0.2) is 0 Å². The average Bonchev–Trinajstić information content (AvgIpc) is 1.61. The van der Waals surface area contributed by atoms with E-state index in [0.717, 1.165) is 0 Å². The number of hydrogen-bond acceptors (Lipinski definition) is 3. The van der Waals surface area contributed by atoms with Crippen molar-refractivity contribution in [1.29, 1.82) is 0 Å². The molecule has 0 aromatic heterocycles. The zero-order valence-electron chi connectivity index (χ0n) is 4.01. The van der Waals surface area contributed by atoms with Gasteiger partial charge in [-0.25, -0.2) is 4.79 Å². The Hall–Kier alpha value is -1.26. The Morgan fingerprint density at radius 1 is 1.62 bits per heavy atom. The molecule has 0 unspecified atom stereocenters. The van der Waals surface area contributed by atoms with Crippen molar-refractivity contribution < 1.29 is 14.7 Å². The predicted molar refractivity (Wildman–Crippen MR) is 22.6 cm³/mol. The van der Waals surface area contributed by atoms with E-state index in [1.807, 2.05) is 5.32 Å². The minimum atomic E-state index is -1.36. The van der Waals surface area contributed by atoms with Crippen molar-refractivity contribution in [3.8, 4) is 0 Å². The lowest BCUT2D eigenvalue weighted by Gasteiger charge is -1.99. The summed E-state index contributed by atoms with van der Waals surface area (Å²) >= 11 is 0. The molecule has 0 aliphatic rings. The van der Waals surface area contributed by atoms with E-state index in [9.17, 15) is 14.7 Å². The van der Waals surface area contributed by atoms with Gasteiger partial charge in [0.25, 0.3) is 0 Å². The quantitative estimate of drug-likeness (QED) is 0.415. The number of amides is 2. The summed E-state index contributed by atoms with van der Waals surface area (Å²) in [4.78, 5) is 19.2. The summed E-state index contributed by atoms with van der Waals surface area (Å²) < 4.78 is 0. The first-order valence-corrected chi connectivity index (χ1v) is 1.86. The molecule has 0 aliphatic heterocycles. The van der Waals surface area contributed by atoms with Crippen LogP contribution in [-0.4, -0.2) is 18.5 Å². The Kier molecular flexibility index (Phi) is 2.39. The van der Waals surface area contributed by atoms with Crippen molar-refractivity contribution in [3.63, 3.8) is 0 Å². The van der Waals surface area contributed by atoms with E-state index in [1.165, 1.54) is 0 Å². The molecule has 0 heterocycles. The highest BCUT2D eigenvalue weighted by atomic mass is 16.4. The molecule has 0 atom stereocenters. The smallest absolute Gasteiger partial charge is 0.312 e. The van der Waals surface area contributed by atoms with Crippen molar-refractivity contribution in [2.75, 3.05) is 6.54 Å². The summed E-state index contributed by atoms with van der Waals surface area (Å²) in [5, 5.41) is 11.3. The van der Waals surface area contributed by atoms with Crippen LogP contribution in [0.15, 0.2) is 0 Å². The van der Waals surface area contributed by atoms with Crippen LogP contribution in [0.5, 0.6) is 0 Å². The van der Waals surface area contributed by atoms with Crippen LogP contribution in [0.1, 0.15) is 0 Å². The van der Waals surface area contributed by atoms with Gasteiger partial charge < -0.3 is 21.0 Å². The normalized spacial score (nSPS) is 8.00. The molecule has 0 saturated carbocycles. The molecule has 0 bridgehead atoms. The molecule has 0 aliphatic carbocycles. The fourth-order valence-corrected chi connectivity index (χ4v) is 0.159. The molecule has 0 spiro atoms. The number of carboxylic acids is 1. The Labute approximate surface area is 45.5 Å². The van der Waals surface area contributed by atoms with E-state index in [2.05, 4.69) is 5.73 Å². The first kappa shape index (κ1) is 6.74. The molecule has 5 heteroatoms. The summed E-state index contributed by atoms with van der Waals surface area (Å²) in [5.74, 6) is -1.36. The molecular formula is C3H5N2O3-. The maximum atomic E-state index is 9.72. The summed E-state index contributed by atoms with van der Waals surface area (Å²) in [5.41, 5.74) is 4.50. The molecule has 3 N–H and O–H groups in total. The maximum absolute atomic E-state index is 9.72. The lowest BCUT2D eigenvalue weighted by molar-refractivity contribution is -0.303. The number of urea groups is 1. The number of carboxylic acid groups (broad SMARTS) is 1. The van der Waals surface area contributed by atoms with Gasteiger partial charge in [0, 0.05) is 0 Å². The predicted octanol–water partition coefficient (Wildman–Crippen LogP) is -2.60. The molecule has 0 radical (unpaired) electrons. The molecule has 5 nitrogen and oxygen atoms in total. The molecular weight excluding hydrogens is 112 g/mol. The van der Waals surface area contributed by atoms with E-state index >= 15 is 0 Å². The molecule has 46 valence electrons. The van der Waals surface area contributed by atoms with Crippen molar-refractivity contribution >= 4 is 12.0 Å². The van der Waals surface area contributed by atoms with Crippen molar-refractivity contribution in [2.45, 2.75) is 0 Å². The third kappa shape index (κ3) is 4.74. The van der Waals surface area contributed by atoms with Crippen LogP contribution < -0.4 is 16.2 Å². The highest BCUT2D eigenvalue weighted by Gasteiger charge is 1.87. The molecule has 8 heavy (non-hydrogen) atoms. The number of primary amides is 1. The Morgan fingerprint density at radius 3 is 2.25 bits per heavy atom. The maximum Gasteiger partial charge on any atom is 0.312 e. The highest BCUT2D eigenvalue weighted by molar-refractivity contribution is 5.77. The van der Waals surface area contributed by atoms with E-state index in [0.29, 0.717) is 0 Å². The molecule has 0 aromatic carbocycles.